The van der Waals surface area contributed by atoms with Crippen LogP contribution in [0.3, 0.4) is 0 Å². The SMILES string of the molecule is C[C@H](O)C(=O)NCCn1c2c(c(=O)n1Cc1ccc(Cl)cc1)CN(Cc1cc(F)cc(F)c1)CC2. The molecule has 2 aromatic carbocycles. The largest absolute Gasteiger partial charge is 0.384 e. The van der Waals surface area contributed by atoms with E-state index in [1.807, 2.05) is 21.7 Å². The number of rotatable bonds is 8. The Bertz CT molecular complexity index is 1250. The fourth-order valence-electron chi connectivity index (χ4n) is 4.40. The first-order valence-electron chi connectivity index (χ1n) is 11.4. The smallest absolute Gasteiger partial charge is 0.271 e. The third kappa shape index (κ3) is 5.98. The van der Waals surface area contributed by atoms with Gasteiger partial charge in [-0.2, -0.15) is 0 Å². The highest BCUT2D eigenvalue weighted by Gasteiger charge is 2.26. The summed E-state index contributed by atoms with van der Waals surface area (Å²) in [7, 11) is 0. The highest BCUT2D eigenvalue weighted by molar-refractivity contribution is 6.30. The van der Waals surface area contributed by atoms with Crippen molar-refractivity contribution < 1.29 is 18.7 Å². The Labute approximate surface area is 206 Å². The van der Waals surface area contributed by atoms with E-state index in [2.05, 4.69) is 5.32 Å². The number of fused-ring (bicyclic) bond motifs is 1. The third-order valence-electron chi connectivity index (χ3n) is 6.07. The number of nitrogens with zero attached hydrogens (tertiary/aromatic N) is 3. The molecule has 3 aromatic rings. The number of hydrogen-bond acceptors (Lipinski definition) is 4. The first kappa shape index (κ1) is 25.1. The summed E-state index contributed by atoms with van der Waals surface area (Å²) in [6, 6.07) is 10.7. The first-order chi connectivity index (χ1) is 16.7. The van der Waals surface area contributed by atoms with Gasteiger partial charge in [0.2, 0.25) is 5.91 Å². The summed E-state index contributed by atoms with van der Waals surface area (Å²) in [6.07, 6.45) is -0.550. The minimum absolute atomic E-state index is 0.146. The summed E-state index contributed by atoms with van der Waals surface area (Å²) in [5.74, 6) is -1.74. The summed E-state index contributed by atoms with van der Waals surface area (Å²) >= 11 is 6.00. The third-order valence-corrected chi connectivity index (χ3v) is 6.32. The Hall–Kier alpha value is -3.01. The Balaban J connectivity index is 1.60. The second-order valence-corrected chi connectivity index (χ2v) is 9.18. The van der Waals surface area contributed by atoms with Gasteiger partial charge in [-0.25, -0.2) is 13.5 Å². The topological polar surface area (TPSA) is 79.5 Å². The molecule has 7 nitrogen and oxygen atoms in total. The molecule has 2 N–H and O–H groups in total. The quantitative estimate of drug-likeness (QED) is 0.494. The van der Waals surface area contributed by atoms with E-state index in [4.69, 9.17) is 11.6 Å². The van der Waals surface area contributed by atoms with Crippen LogP contribution in [0, 0.1) is 11.6 Å². The number of carbonyl (C=O) groups excluding carboxylic acids is 1. The van der Waals surface area contributed by atoms with Crippen LogP contribution in [0.15, 0.2) is 47.3 Å². The molecule has 4 rings (SSSR count). The second kappa shape index (κ2) is 10.7. The average Bonchev–Trinajstić information content (AvgIpc) is 3.05. The van der Waals surface area contributed by atoms with E-state index in [9.17, 15) is 23.5 Å². The van der Waals surface area contributed by atoms with E-state index >= 15 is 0 Å². The predicted molar refractivity (Wildman–Crippen MR) is 128 cm³/mol. The van der Waals surface area contributed by atoms with Gasteiger partial charge in [0.25, 0.3) is 5.56 Å². The Morgan fingerprint density at radius 1 is 1.09 bits per heavy atom. The van der Waals surface area contributed by atoms with Gasteiger partial charge >= 0.3 is 0 Å². The number of amides is 1. The van der Waals surface area contributed by atoms with Gasteiger partial charge in [0.15, 0.2) is 0 Å². The number of halogens is 3. The number of aromatic nitrogens is 2. The molecule has 0 spiro atoms. The highest BCUT2D eigenvalue weighted by atomic mass is 35.5. The van der Waals surface area contributed by atoms with Gasteiger partial charge in [0.1, 0.15) is 17.7 Å². The highest BCUT2D eigenvalue weighted by Crippen LogP contribution is 2.21. The lowest BCUT2D eigenvalue weighted by Crippen LogP contribution is -2.36. The zero-order valence-electron chi connectivity index (χ0n) is 19.3. The maximum absolute atomic E-state index is 13.6. The number of benzene rings is 2. The van der Waals surface area contributed by atoms with Crippen LogP contribution in [0.1, 0.15) is 29.3 Å². The van der Waals surface area contributed by atoms with Crippen molar-refractivity contribution in [3.63, 3.8) is 0 Å². The monoisotopic (exact) mass is 504 g/mol. The lowest BCUT2D eigenvalue weighted by atomic mass is 10.1. The zero-order chi connectivity index (χ0) is 25.1. The normalized spacial score (nSPS) is 14.5. The van der Waals surface area contributed by atoms with Crippen LogP contribution >= 0.6 is 11.6 Å². The minimum atomic E-state index is -1.12. The summed E-state index contributed by atoms with van der Waals surface area (Å²) in [6.45, 7) is 3.59. The first-order valence-corrected chi connectivity index (χ1v) is 11.8. The molecule has 1 amide bonds. The van der Waals surface area contributed by atoms with Crippen LogP contribution in [-0.4, -0.2) is 44.5 Å². The van der Waals surface area contributed by atoms with Gasteiger partial charge in [-0.1, -0.05) is 23.7 Å². The van der Waals surface area contributed by atoms with Crippen LogP contribution in [0.25, 0.3) is 0 Å². The van der Waals surface area contributed by atoms with E-state index in [0.29, 0.717) is 55.3 Å². The van der Waals surface area contributed by atoms with Crippen LogP contribution in [0.2, 0.25) is 5.02 Å². The van der Waals surface area contributed by atoms with E-state index in [-0.39, 0.29) is 12.1 Å². The van der Waals surface area contributed by atoms with Crippen molar-refractivity contribution in [2.45, 2.75) is 45.6 Å². The van der Waals surface area contributed by atoms with Crippen LogP contribution in [-0.2, 0) is 37.4 Å². The van der Waals surface area contributed by atoms with Crippen LogP contribution in [0.5, 0.6) is 0 Å². The summed E-state index contributed by atoms with van der Waals surface area (Å²) in [4.78, 5) is 27.2. The lowest BCUT2D eigenvalue weighted by Gasteiger charge is -2.27. The molecule has 186 valence electrons. The predicted octanol–water partition coefficient (Wildman–Crippen LogP) is 2.69. The van der Waals surface area contributed by atoms with Crippen molar-refractivity contribution >= 4 is 17.5 Å². The lowest BCUT2D eigenvalue weighted by molar-refractivity contribution is -0.128. The summed E-state index contributed by atoms with van der Waals surface area (Å²) in [5.41, 5.74) is 2.76. The summed E-state index contributed by atoms with van der Waals surface area (Å²) < 4.78 is 30.8. The van der Waals surface area contributed by atoms with Crippen LogP contribution in [0.4, 0.5) is 8.78 Å². The molecule has 0 saturated carbocycles. The second-order valence-electron chi connectivity index (χ2n) is 8.74. The van der Waals surface area contributed by atoms with Crippen molar-refractivity contribution in [2.24, 2.45) is 0 Å². The van der Waals surface area contributed by atoms with E-state index in [1.165, 1.54) is 19.1 Å². The molecule has 1 aliphatic rings. The average molecular weight is 505 g/mol. The molecule has 0 bridgehead atoms. The fraction of sp³-hybridized carbons (Fsp3) is 0.360. The maximum Gasteiger partial charge on any atom is 0.271 e. The van der Waals surface area contributed by atoms with Gasteiger partial charge < -0.3 is 10.4 Å². The van der Waals surface area contributed by atoms with E-state index in [1.54, 1.807) is 16.8 Å². The molecule has 1 atom stereocenters. The molecule has 10 heteroatoms. The van der Waals surface area contributed by atoms with Gasteiger partial charge in [-0.05, 0) is 42.3 Å². The van der Waals surface area contributed by atoms with Gasteiger partial charge in [0.05, 0.1) is 18.7 Å². The van der Waals surface area contributed by atoms with E-state index in [0.717, 1.165) is 17.3 Å². The molecular formula is C25H27ClF2N4O3. The molecule has 0 saturated heterocycles. The number of hydrogen-bond donors (Lipinski definition) is 2. The van der Waals surface area contributed by atoms with Gasteiger partial charge in [-0.15, -0.1) is 0 Å². The minimum Gasteiger partial charge on any atom is -0.384 e. The fourth-order valence-corrected chi connectivity index (χ4v) is 4.53. The number of nitrogens with one attached hydrogen (secondary N) is 1. The van der Waals surface area contributed by atoms with E-state index < -0.39 is 23.6 Å². The molecular weight excluding hydrogens is 478 g/mol. The molecule has 0 fully saturated rings. The summed E-state index contributed by atoms with van der Waals surface area (Å²) in [5, 5.41) is 12.7. The number of aliphatic hydroxyl groups is 1. The number of aliphatic hydroxyl groups excluding tert-OH is 1. The van der Waals surface area contributed by atoms with Crippen LogP contribution < -0.4 is 10.9 Å². The number of carbonyl (C=O) groups is 1. The van der Waals surface area contributed by atoms with Gasteiger partial charge in [-0.3, -0.25) is 19.2 Å². The standard InChI is InChI=1S/C25H27ClF2N4O3/c1-16(33)24(34)29-7-9-31-23-6-8-30(13-18-10-20(27)12-21(28)11-18)15-22(23)25(35)32(31)14-17-2-4-19(26)5-3-17/h2-5,10-12,16,33H,6-9,13-15H2,1H3,(H,29,34)/t16-/m0/s1. The maximum atomic E-state index is 13.6. The molecule has 1 aliphatic heterocycles. The molecule has 2 heterocycles. The molecule has 0 unspecified atom stereocenters. The molecule has 0 aliphatic carbocycles. The van der Waals surface area contributed by atoms with Crippen molar-refractivity contribution in [3.05, 3.63) is 91.9 Å². The van der Waals surface area contributed by atoms with Crippen molar-refractivity contribution in [1.29, 1.82) is 0 Å². The van der Waals surface area contributed by atoms with Crippen molar-refractivity contribution in [3.8, 4) is 0 Å². The molecule has 1 aromatic heterocycles. The van der Waals surface area contributed by atoms with Gasteiger partial charge in [0, 0.05) is 49.4 Å². The molecule has 35 heavy (non-hydrogen) atoms. The molecule has 0 radical (unpaired) electrons. The van der Waals surface area contributed by atoms with Crippen molar-refractivity contribution in [1.82, 2.24) is 19.6 Å². The Morgan fingerprint density at radius 2 is 1.77 bits per heavy atom. The Morgan fingerprint density at radius 3 is 2.43 bits per heavy atom. The van der Waals surface area contributed by atoms with Crippen molar-refractivity contribution in [2.75, 3.05) is 13.1 Å². The Kier molecular flexibility index (Phi) is 7.69. The zero-order valence-corrected chi connectivity index (χ0v) is 20.1.